The summed E-state index contributed by atoms with van der Waals surface area (Å²) in [5.74, 6) is -0.904. The third kappa shape index (κ3) is 46.4. The van der Waals surface area contributed by atoms with E-state index in [2.05, 4.69) is 69.4 Å². The number of hydrogen-bond acceptors (Lipinski definition) is 6. The zero-order valence-corrected chi connectivity index (χ0v) is 39.7. The second-order valence-corrected chi connectivity index (χ2v) is 17.1. The Morgan fingerprint density at radius 1 is 0.333 bits per heavy atom. The number of unbranched alkanes of at least 4 members (excludes halogenated alkanes) is 27. The van der Waals surface area contributed by atoms with Crippen molar-refractivity contribution in [1.29, 1.82) is 0 Å². The summed E-state index contributed by atoms with van der Waals surface area (Å²) in [6.45, 7) is 6.55. The molecule has 348 valence electrons. The van der Waals surface area contributed by atoms with Gasteiger partial charge in [0.25, 0.3) is 0 Å². The van der Waals surface area contributed by atoms with Gasteiger partial charge in [-0.05, 0) is 96.3 Å². The maximum Gasteiger partial charge on any atom is 0.306 e. The third-order valence-corrected chi connectivity index (χ3v) is 11.0. The lowest BCUT2D eigenvalue weighted by Crippen LogP contribution is -2.30. The normalized spacial score (nSPS) is 12.4. The Bertz CT molecular complexity index is 1060. The van der Waals surface area contributed by atoms with Gasteiger partial charge in [0.15, 0.2) is 6.10 Å². The molecule has 0 heterocycles. The van der Waals surface area contributed by atoms with Crippen LogP contribution in [0.3, 0.4) is 0 Å². The average Bonchev–Trinajstić information content (AvgIpc) is 3.24. The summed E-state index contributed by atoms with van der Waals surface area (Å²) in [7, 11) is 0. The van der Waals surface area contributed by atoms with E-state index in [1.807, 2.05) is 0 Å². The fourth-order valence-corrected chi connectivity index (χ4v) is 7.09. The van der Waals surface area contributed by atoms with E-state index in [1.54, 1.807) is 0 Å². The first kappa shape index (κ1) is 57.4. The molecule has 0 amide bonds. The molecule has 0 aliphatic carbocycles. The van der Waals surface area contributed by atoms with Gasteiger partial charge in [0.1, 0.15) is 13.2 Å². The zero-order valence-electron chi connectivity index (χ0n) is 39.7. The molecule has 6 heteroatoms. The summed E-state index contributed by atoms with van der Waals surface area (Å²) in [6.07, 6.45) is 58.0. The van der Waals surface area contributed by atoms with Crippen LogP contribution in [0.2, 0.25) is 0 Å². The summed E-state index contributed by atoms with van der Waals surface area (Å²) in [5, 5.41) is 0. The lowest BCUT2D eigenvalue weighted by Gasteiger charge is -2.18. The van der Waals surface area contributed by atoms with Crippen molar-refractivity contribution in [3.63, 3.8) is 0 Å². The maximum absolute atomic E-state index is 12.8. The molecule has 1 atom stereocenters. The average molecular weight is 841 g/mol. The topological polar surface area (TPSA) is 78.9 Å². The van der Waals surface area contributed by atoms with Gasteiger partial charge < -0.3 is 14.2 Å². The summed E-state index contributed by atoms with van der Waals surface area (Å²) in [5.41, 5.74) is 0. The molecule has 0 saturated carbocycles. The Morgan fingerprint density at radius 3 is 0.983 bits per heavy atom. The molecular weight excluding hydrogens is 745 g/mol. The predicted octanol–water partition coefficient (Wildman–Crippen LogP) is 16.7. The number of carbonyl (C=O) groups is 3. The van der Waals surface area contributed by atoms with Gasteiger partial charge in [0, 0.05) is 19.3 Å². The monoisotopic (exact) mass is 841 g/mol. The minimum atomic E-state index is -0.781. The Hall–Kier alpha value is -2.63. The van der Waals surface area contributed by atoms with E-state index < -0.39 is 6.10 Å². The van der Waals surface area contributed by atoms with Crippen molar-refractivity contribution in [3.05, 3.63) is 48.6 Å². The Morgan fingerprint density at radius 2 is 0.617 bits per heavy atom. The first-order valence-electron chi connectivity index (χ1n) is 25.6. The summed E-state index contributed by atoms with van der Waals surface area (Å²) >= 11 is 0. The Kier molecular flexibility index (Phi) is 46.9. The van der Waals surface area contributed by atoms with Gasteiger partial charge in [0.2, 0.25) is 0 Å². The number of rotatable bonds is 46. The van der Waals surface area contributed by atoms with Crippen LogP contribution in [0.1, 0.15) is 258 Å². The standard InChI is InChI=1S/C54H96O6/c1-4-7-10-13-16-19-22-24-25-26-27-28-30-32-35-38-41-44-47-53(56)59-50-51(49-58-52(55)46-43-40-37-34-31-21-18-15-12-9-6-3)60-54(57)48-45-42-39-36-33-29-23-20-17-14-11-8-5-2/h15,18-20,22-23,25-26,51H,4-14,16-17,21,24,27-50H2,1-3H3/b18-15-,22-19-,23-20-,26-25-. The van der Waals surface area contributed by atoms with Crippen molar-refractivity contribution in [3.8, 4) is 0 Å². The SMILES string of the molecule is CCCC/C=C\CCCCCCCC(=O)OCC(COC(=O)CCCCCCCCC/C=C\C/C=C\CCCCCC)OC(=O)CCCCCCC/C=C\CCCCCC. The van der Waals surface area contributed by atoms with Crippen molar-refractivity contribution in [2.24, 2.45) is 0 Å². The highest BCUT2D eigenvalue weighted by molar-refractivity contribution is 5.71. The number of ether oxygens (including phenoxy) is 3. The zero-order chi connectivity index (χ0) is 43.7. The molecule has 6 nitrogen and oxygen atoms in total. The molecule has 0 fully saturated rings. The van der Waals surface area contributed by atoms with Crippen LogP contribution in [0.4, 0.5) is 0 Å². The van der Waals surface area contributed by atoms with E-state index in [1.165, 1.54) is 128 Å². The molecule has 0 N–H and O–H groups in total. The Balaban J connectivity index is 4.36. The summed E-state index contributed by atoms with van der Waals surface area (Å²) < 4.78 is 16.8. The van der Waals surface area contributed by atoms with Crippen molar-refractivity contribution in [1.82, 2.24) is 0 Å². The lowest BCUT2D eigenvalue weighted by molar-refractivity contribution is -0.167. The summed E-state index contributed by atoms with van der Waals surface area (Å²) in [4.78, 5) is 37.9. The van der Waals surface area contributed by atoms with Crippen molar-refractivity contribution < 1.29 is 28.6 Å². The van der Waals surface area contributed by atoms with Gasteiger partial charge in [-0.1, -0.05) is 191 Å². The van der Waals surface area contributed by atoms with Crippen LogP contribution in [-0.2, 0) is 28.6 Å². The maximum atomic E-state index is 12.8. The first-order chi connectivity index (χ1) is 29.5. The van der Waals surface area contributed by atoms with Crippen LogP contribution in [0, 0.1) is 0 Å². The molecule has 1 unspecified atom stereocenters. The van der Waals surface area contributed by atoms with Gasteiger partial charge in [-0.2, -0.15) is 0 Å². The van der Waals surface area contributed by atoms with Gasteiger partial charge in [0.05, 0.1) is 0 Å². The number of hydrogen-bond donors (Lipinski definition) is 0. The first-order valence-corrected chi connectivity index (χ1v) is 25.6. The van der Waals surface area contributed by atoms with Crippen LogP contribution < -0.4 is 0 Å². The molecule has 0 spiro atoms. The quantitative estimate of drug-likeness (QED) is 0.0263. The van der Waals surface area contributed by atoms with Gasteiger partial charge in [-0.15, -0.1) is 0 Å². The van der Waals surface area contributed by atoms with Crippen LogP contribution in [0.5, 0.6) is 0 Å². The van der Waals surface area contributed by atoms with Gasteiger partial charge >= 0.3 is 17.9 Å². The van der Waals surface area contributed by atoms with E-state index >= 15 is 0 Å². The highest BCUT2D eigenvalue weighted by Gasteiger charge is 2.19. The van der Waals surface area contributed by atoms with Crippen LogP contribution in [0.15, 0.2) is 48.6 Å². The highest BCUT2D eigenvalue weighted by Crippen LogP contribution is 2.14. The van der Waals surface area contributed by atoms with Gasteiger partial charge in [-0.3, -0.25) is 14.4 Å². The van der Waals surface area contributed by atoms with Crippen molar-refractivity contribution in [2.75, 3.05) is 13.2 Å². The third-order valence-electron chi connectivity index (χ3n) is 11.0. The van der Waals surface area contributed by atoms with Crippen LogP contribution in [0.25, 0.3) is 0 Å². The lowest BCUT2D eigenvalue weighted by atomic mass is 10.1. The second-order valence-electron chi connectivity index (χ2n) is 17.1. The van der Waals surface area contributed by atoms with Gasteiger partial charge in [-0.25, -0.2) is 0 Å². The highest BCUT2D eigenvalue weighted by atomic mass is 16.6. The molecule has 0 aliphatic rings. The molecule has 0 saturated heterocycles. The molecule has 0 aromatic rings. The Labute approximate surface area is 371 Å². The van der Waals surface area contributed by atoms with Crippen molar-refractivity contribution in [2.45, 2.75) is 264 Å². The molecule has 0 aromatic carbocycles. The molecule has 60 heavy (non-hydrogen) atoms. The largest absolute Gasteiger partial charge is 0.462 e. The van der Waals surface area contributed by atoms with Crippen LogP contribution in [-0.4, -0.2) is 37.2 Å². The number of allylic oxidation sites excluding steroid dienone is 8. The predicted molar refractivity (Wildman–Crippen MR) is 256 cm³/mol. The van der Waals surface area contributed by atoms with E-state index in [4.69, 9.17) is 14.2 Å². The van der Waals surface area contributed by atoms with E-state index in [9.17, 15) is 14.4 Å². The number of carbonyl (C=O) groups excluding carboxylic acids is 3. The summed E-state index contributed by atoms with van der Waals surface area (Å²) in [6, 6.07) is 0. The molecule has 0 bridgehead atoms. The van der Waals surface area contributed by atoms with E-state index in [0.717, 1.165) is 89.9 Å². The molecule has 0 radical (unpaired) electrons. The molecule has 0 aromatic heterocycles. The fourth-order valence-electron chi connectivity index (χ4n) is 7.09. The van der Waals surface area contributed by atoms with E-state index in [0.29, 0.717) is 19.3 Å². The minimum Gasteiger partial charge on any atom is -0.462 e. The van der Waals surface area contributed by atoms with Crippen LogP contribution >= 0.6 is 0 Å². The molecule has 0 rings (SSSR count). The fraction of sp³-hybridized carbons (Fsp3) is 0.796. The van der Waals surface area contributed by atoms with Crippen molar-refractivity contribution >= 4 is 17.9 Å². The minimum absolute atomic E-state index is 0.0827. The smallest absolute Gasteiger partial charge is 0.306 e. The number of esters is 3. The second kappa shape index (κ2) is 49.0. The van der Waals surface area contributed by atoms with E-state index in [-0.39, 0.29) is 31.1 Å². The molecule has 0 aliphatic heterocycles. The molecular formula is C54H96O6.